The van der Waals surface area contributed by atoms with Crippen LogP contribution >= 0.6 is 0 Å². The highest BCUT2D eigenvalue weighted by atomic mass is 16.6. The van der Waals surface area contributed by atoms with E-state index < -0.39 is 73.1 Å². The zero-order chi connectivity index (χ0) is 68.8. The van der Waals surface area contributed by atoms with Crippen LogP contribution in [0.5, 0.6) is 0 Å². The van der Waals surface area contributed by atoms with Gasteiger partial charge in [-0.15, -0.1) is 32.9 Å². The molecule has 0 aliphatic carbocycles. The number of rotatable bonds is 74. The minimum Gasteiger partial charge on any atom is -0.394 e. The second-order valence-corrected chi connectivity index (χ2v) is 22.4. The van der Waals surface area contributed by atoms with Gasteiger partial charge in [-0.3, -0.25) is 0 Å². The second-order valence-electron chi connectivity index (χ2n) is 22.4. The molecule has 26 nitrogen and oxygen atoms in total. The molecule has 0 saturated carbocycles. The van der Waals surface area contributed by atoms with Crippen LogP contribution in [0.1, 0.15) is 55.4 Å². The highest BCUT2D eigenvalue weighted by Gasteiger charge is 2.29. The van der Waals surface area contributed by atoms with Crippen molar-refractivity contribution in [3.8, 4) is 0 Å². The summed E-state index contributed by atoms with van der Waals surface area (Å²) in [5.74, 6) is 0. The quantitative estimate of drug-likeness (QED) is 0.0491. The van der Waals surface area contributed by atoms with Crippen LogP contribution in [-0.2, 0) is 104 Å². The molecule has 93 heavy (non-hydrogen) atoms. The van der Waals surface area contributed by atoms with E-state index in [1.54, 1.807) is 30.4 Å². The Bertz CT molecular complexity index is 1670. The zero-order valence-electron chi connectivity index (χ0n) is 57.9. The first-order valence-electron chi connectivity index (χ1n) is 32.9. The van der Waals surface area contributed by atoms with Crippen molar-refractivity contribution in [3.05, 3.63) is 63.3 Å². The van der Waals surface area contributed by atoms with Crippen molar-refractivity contribution in [1.29, 1.82) is 0 Å². The van der Waals surface area contributed by atoms with Crippen LogP contribution in [0, 0.1) is 5.41 Å². The van der Waals surface area contributed by atoms with Crippen molar-refractivity contribution in [2.45, 2.75) is 135 Å². The van der Waals surface area contributed by atoms with E-state index in [1.165, 1.54) is 0 Å². The van der Waals surface area contributed by atoms with Gasteiger partial charge in [-0.05, 0) is 40.0 Å². The summed E-state index contributed by atoms with van der Waals surface area (Å²) in [6.07, 6.45) is 0.0738. The molecule has 0 radical (unpaired) electrons. The molecule has 4 N–H and O–H groups in total. The van der Waals surface area contributed by atoms with Crippen LogP contribution in [0.2, 0.25) is 0 Å². The van der Waals surface area contributed by atoms with Crippen LogP contribution in [-0.4, -0.2) is 331 Å². The highest BCUT2D eigenvalue weighted by molar-refractivity contribution is 4.78. The van der Waals surface area contributed by atoms with Crippen LogP contribution in [0.3, 0.4) is 0 Å². The fraction of sp³-hybridized carbons (Fsp3) is 0.851. The van der Waals surface area contributed by atoms with Gasteiger partial charge in [0.05, 0.1) is 204 Å². The van der Waals surface area contributed by atoms with Gasteiger partial charge in [0, 0.05) is 33.0 Å². The molecular weight excluding hydrogens is 1220 g/mol. The number of ether oxygens (including phenoxy) is 22. The van der Waals surface area contributed by atoms with E-state index in [1.807, 2.05) is 55.4 Å². The van der Waals surface area contributed by atoms with E-state index in [9.17, 15) is 20.4 Å². The fourth-order valence-corrected chi connectivity index (χ4v) is 7.91. The third-order valence-electron chi connectivity index (χ3n) is 12.7. The van der Waals surface area contributed by atoms with E-state index in [-0.39, 0.29) is 157 Å². The van der Waals surface area contributed by atoms with Crippen LogP contribution in [0.4, 0.5) is 0 Å². The minimum absolute atomic E-state index is 0.00855. The number of aliphatic hydroxyl groups is 4. The Morgan fingerprint density at radius 1 is 0.258 bits per heavy atom. The van der Waals surface area contributed by atoms with Gasteiger partial charge in [-0.25, -0.2) is 0 Å². The van der Waals surface area contributed by atoms with Gasteiger partial charge in [-0.1, -0.05) is 51.2 Å². The Morgan fingerprint density at radius 2 is 0.505 bits per heavy atom. The van der Waals surface area contributed by atoms with Gasteiger partial charge in [0.2, 0.25) is 0 Å². The summed E-state index contributed by atoms with van der Waals surface area (Å²) >= 11 is 0. The molecule has 13 unspecified atom stereocenters. The lowest BCUT2D eigenvalue weighted by Gasteiger charge is -2.33. The third-order valence-corrected chi connectivity index (χ3v) is 12.7. The standard InChI is InChI=1S/C67H126O26/c1-14-24-75-40-62(84-22-9)49-90-61(45-80-33-55(70)32-79-43-59(38-73-20-7)87-27-17-4)46-82-47-64(91-50-63(85-23-10)41-76-25-15-2)51-92-65(52-93-66(67(11,12)13)53-83-44-60(39-74-21-8)88-28-18-5)48-81-36-57(29-68)89-35-56(71)34-77-30-54(69)31-78-42-58(37-72-19-6)86-26-16-3/h14-18,54-66,68-71H,1-5,19-53H2,6-13H3. The lowest BCUT2D eigenvalue weighted by Crippen LogP contribution is -2.41. The van der Waals surface area contributed by atoms with Crippen molar-refractivity contribution in [2.24, 2.45) is 5.41 Å². The van der Waals surface area contributed by atoms with Crippen molar-refractivity contribution in [3.63, 3.8) is 0 Å². The maximum absolute atomic E-state index is 10.9. The predicted molar refractivity (Wildman–Crippen MR) is 351 cm³/mol. The topological polar surface area (TPSA) is 284 Å². The molecule has 0 fully saturated rings. The van der Waals surface area contributed by atoms with E-state index >= 15 is 0 Å². The molecule has 0 rings (SSSR count). The molecule has 0 amide bonds. The summed E-state index contributed by atoms with van der Waals surface area (Å²) in [6.45, 7) is 40.0. The lowest BCUT2D eigenvalue weighted by atomic mass is 9.89. The van der Waals surface area contributed by atoms with E-state index in [4.69, 9.17) is 104 Å². The van der Waals surface area contributed by atoms with Crippen molar-refractivity contribution in [1.82, 2.24) is 0 Å². The van der Waals surface area contributed by atoms with Gasteiger partial charge in [-0.2, -0.15) is 0 Å². The average molecular weight is 1350 g/mol. The normalized spacial score (nSPS) is 16.3. The zero-order valence-corrected chi connectivity index (χ0v) is 57.9. The number of aliphatic hydroxyl groups excluding tert-OH is 4. The van der Waals surface area contributed by atoms with Gasteiger partial charge in [0.15, 0.2) is 0 Å². The second kappa shape index (κ2) is 64.3. The summed E-state index contributed by atoms with van der Waals surface area (Å²) in [4.78, 5) is 0. The van der Waals surface area contributed by atoms with Crippen molar-refractivity contribution >= 4 is 0 Å². The Hall–Kier alpha value is -2.34. The fourth-order valence-electron chi connectivity index (χ4n) is 7.91. The van der Waals surface area contributed by atoms with E-state index in [0.29, 0.717) is 85.9 Å². The molecule has 0 aromatic carbocycles. The highest BCUT2D eigenvalue weighted by Crippen LogP contribution is 2.24. The summed E-state index contributed by atoms with van der Waals surface area (Å²) < 4.78 is 131. The first-order chi connectivity index (χ1) is 45.1. The third kappa shape index (κ3) is 54.3. The van der Waals surface area contributed by atoms with Crippen LogP contribution in [0.15, 0.2) is 63.3 Å². The first-order valence-corrected chi connectivity index (χ1v) is 32.9. The molecule has 0 aromatic rings. The Labute approximate surface area is 557 Å². The average Bonchev–Trinajstić information content (AvgIpc) is 2.12. The summed E-state index contributed by atoms with van der Waals surface area (Å²) in [5, 5.41) is 42.4. The van der Waals surface area contributed by atoms with Gasteiger partial charge < -0.3 is 125 Å². The van der Waals surface area contributed by atoms with E-state index in [0.717, 1.165) is 0 Å². The van der Waals surface area contributed by atoms with Gasteiger partial charge in [0.1, 0.15) is 73.2 Å². The van der Waals surface area contributed by atoms with Crippen molar-refractivity contribution in [2.75, 3.05) is 231 Å². The Kier molecular flexibility index (Phi) is 62.7. The number of hydrogen-bond donors (Lipinski definition) is 4. The summed E-state index contributed by atoms with van der Waals surface area (Å²) in [6, 6.07) is 0. The molecule has 0 bridgehead atoms. The van der Waals surface area contributed by atoms with E-state index in [2.05, 4.69) is 32.9 Å². The van der Waals surface area contributed by atoms with Crippen LogP contribution < -0.4 is 0 Å². The smallest absolute Gasteiger partial charge is 0.104 e. The monoisotopic (exact) mass is 1350 g/mol. The minimum atomic E-state index is -1.09. The largest absolute Gasteiger partial charge is 0.394 e. The number of hydrogen-bond acceptors (Lipinski definition) is 26. The lowest BCUT2D eigenvalue weighted by molar-refractivity contribution is -0.158. The molecule has 0 saturated heterocycles. The molecule has 0 spiro atoms. The molecule has 550 valence electrons. The molecule has 0 aromatic heterocycles. The maximum atomic E-state index is 10.9. The van der Waals surface area contributed by atoms with Gasteiger partial charge >= 0.3 is 0 Å². The Morgan fingerprint density at radius 3 is 0.828 bits per heavy atom. The summed E-state index contributed by atoms with van der Waals surface area (Å²) in [5.41, 5.74) is -0.395. The molecule has 13 atom stereocenters. The predicted octanol–water partition coefficient (Wildman–Crippen LogP) is 4.19. The maximum Gasteiger partial charge on any atom is 0.104 e. The molecular formula is C67H126O26. The Balaban J connectivity index is 6.55. The molecule has 0 heterocycles. The SMILES string of the molecule is C=CCOCC(COC(COCC(O)COCC(COCC)OCC=C)COCC(COC(COCC(CO)OCC(O)COCC(O)COCC(COCC)OCC=C)COC(COCC(COCC)OCC=C)C(C)(C)C)OCC(COCC=C)OCC)OCC. The first kappa shape index (κ1) is 90.7. The summed E-state index contributed by atoms with van der Waals surface area (Å²) in [7, 11) is 0. The van der Waals surface area contributed by atoms with Crippen molar-refractivity contribution < 1.29 is 125 Å². The molecule has 26 heteroatoms. The van der Waals surface area contributed by atoms with Crippen LogP contribution in [0.25, 0.3) is 0 Å². The molecule has 0 aliphatic heterocycles. The van der Waals surface area contributed by atoms with Gasteiger partial charge in [0.25, 0.3) is 0 Å². The molecule has 0 aliphatic rings.